The fourth-order valence-corrected chi connectivity index (χ4v) is 4.58. The fraction of sp³-hybridized carbons (Fsp3) is 0.619. The van der Waals surface area contributed by atoms with E-state index in [1.54, 1.807) is 0 Å². The number of hydrogen-bond acceptors (Lipinski definition) is 1. The van der Waals surface area contributed by atoms with E-state index < -0.39 is 0 Å². The summed E-state index contributed by atoms with van der Waals surface area (Å²) in [6, 6.07) is 8.74. The summed E-state index contributed by atoms with van der Waals surface area (Å²) in [7, 11) is 4.56. The third kappa shape index (κ3) is 3.06. The second-order valence-corrected chi connectivity index (χ2v) is 7.71. The molecule has 1 saturated carbocycles. The number of benzene rings is 1. The van der Waals surface area contributed by atoms with Gasteiger partial charge in [0, 0.05) is 22.1 Å². The summed E-state index contributed by atoms with van der Waals surface area (Å²) in [6.45, 7) is 4.60. The number of aromatic amines is 1. The van der Waals surface area contributed by atoms with Gasteiger partial charge in [-0.05, 0) is 70.7 Å². The van der Waals surface area contributed by atoms with Crippen LogP contribution in [0.25, 0.3) is 10.9 Å². The molecule has 0 spiro atoms. The molecule has 1 N–H and O–H groups in total. The molecule has 0 radical (unpaired) electrons. The van der Waals surface area contributed by atoms with Crippen molar-refractivity contribution in [1.29, 1.82) is 0 Å². The second-order valence-electron chi connectivity index (χ2n) is 7.71. The van der Waals surface area contributed by atoms with Crippen molar-refractivity contribution in [3.63, 3.8) is 0 Å². The van der Waals surface area contributed by atoms with Crippen molar-refractivity contribution < 1.29 is 0 Å². The van der Waals surface area contributed by atoms with Crippen molar-refractivity contribution in [3.05, 3.63) is 35.5 Å². The molecule has 0 unspecified atom stereocenters. The van der Waals surface area contributed by atoms with Crippen LogP contribution in [-0.2, 0) is 0 Å². The Kier molecular flexibility index (Phi) is 4.82. The van der Waals surface area contributed by atoms with E-state index in [0.29, 0.717) is 11.5 Å². The Morgan fingerprint density at radius 2 is 1.87 bits per heavy atom. The lowest BCUT2D eigenvalue weighted by Gasteiger charge is -2.45. The van der Waals surface area contributed by atoms with E-state index in [4.69, 9.17) is 0 Å². The van der Waals surface area contributed by atoms with Crippen LogP contribution in [0.1, 0.15) is 69.0 Å². The van der Waals surface area contributed by atoms with E-state index in [-0.39, 0.29) is 0 Å². The van der Waals surface area contributed by atoms with Gasteiger partial charge in [0.1, 0.15) is 0 Å². The summed E-state index contributed by atoms with van der Waals surface area (Å²) < 4.78 is 0. The lowest BCUT2D eigenvalue weighted by molar-refractivity contribution is 0.0802. The largest absolute Gasteiger partial charge is 0.358 e. The molecule has 0 atom stereocenters. The van der Waals surface area contributed by atoms with Crippen molar-refractivity contribution in [2.45, 2.75) is 70.3 Å². The van der Waals surface area contributed by atoms with Crippen LogP contribution in [0.4, 0.5) is 0 Å². The van der Waals surface area contributed by atoms with Crippen LogP contribution in [0.15, 0.2) is 24.3 Å². The third-order valence-electron chi connectivity index (χ3n) is 6.27. The molecule has 2 nitrogen and oxygen atoms in total. The van der Waals surface area contributed by atoms with Crippen molar-refractivity contribution in [2.75, 3.05) is 14.1 Å². The zero-order chi connectivity index (χ0) is 16.4. The minimum absolute atomic E-state index is 0.437. The molecule has 0 amide bonds. The standard InChI is InChI=1S/C21H32N2/c1-5-6-13-21(23(3)4)14-11-17(12-15-21)20-16(2)18-9-7-8-10-19(18)22-20/h7-10,17,22H,5-6,11-15H2,1-4H3. The Balaban J connectivity index is 1.78. The van der Waals surface area contributed by atoms with Crippen molar-refractivity contribution in [3.8, 4) is 0 Å². The van der Waals surface area contributed by atoms with Gasteiger partial charge in [-0.2, -0.15) is 0 Å². The summed E-state index contributed by atoms with van der Waals surface area (Å²) in [5.74, 6) is 0.706. The first-order valence-electron chi connectivity index (χ1n) is 9.32. The third-order valence-corrected chi connectivity index (χ3v) is 6.27. The zero-order valence-corrected chi connectivity index (χ0v) is 15.3. The highest BCUT2D eigenvalue weighted by Crippen LogP contribution is 2.44. The van der Waals surface area contributed by atoms with E-state index in [1.807, 2.05) is 0 Å². The van der Waals surface area contributed by atoms with Crippen molar-refractivity contribution >= 4 is 10.9 Å². The van der Waals surface area contributed by atoms with Gasteiger partial charge in [-0.25, -0.2) is 0 Å². The molecular weight excluding hydrogens is 280 g/mol. The lowest BCUT2D eigenvalue weighted by atomic mass is 9.72. The minimum Gasteiger partial charge on any atom is -0.358 e. The van der Waals surface area contributed by atoms with Gasteiger partial charge in [-0.3, -0.25) is 0 Å². The quantitative estimate of drug-likeness (QED) is 0.758. The van der Waals surface area contributed by atoms with Gasteiger partial charge in [0.25, 0.3) is 0 Å². The predicted molar refractivity (Wildman–Crippen MR) is 100 cm³/mol. The fourth-order valence-electron chi connectivity index (χ4n) is 4.58. The highest BCUT2D eigenvalue weighted by molar-refractivity contribution is 5.84. The number of nitrogens with zero attached hydrogens (tertiary/aromatic N) is 1. The van der Waals surface area contributed by atoms with Crippen LogP contribution in [0.5, 0.6) is 0 Å². The van der Waals surface area contributed by atoms with Gasteiger partial charge >= 0.3 is 0 Å². The molecule has 1 fully saturated rings. The number of aryl methyl sites for hydroxylation is 1. The van der Waals surface area contributed by atoms with E-state index in [2.05, 4.69) is 62.1 Å². The van der Waals surface area contributed by atoms with E-state index in [1.165, 1.54) is 67.1 Å². The number of H-pyrrole nitrogens is 1. The van der Waals surface area contributed by atoms with Crippen LogP contribution in [0.3, 0.4) is 0 Å². The number of para-hydroxylation sites is 1. The topological polar surface area (TPSA) is 19.0 Å². The van der Waals surface area contributed by atoms with Crippen LogP contribution >= 0.6 is 0 Å². The molecule has 0 saturated heterocycles. The maximum Gasteiger partial charge on any atom is 0.0458 e. The van der Waals surface area contributed by atoms with Gasteiger partial charge in [0.2, 0.25) is 0 Å². The number of unbranched alkanes of at least 4 members (excludes halogenated alkanes) is 1. The molecule has 0 aliphatic heterocycles. The van der Waals surface area contributed by atoms with Gasteiger partial charge in [-0.15, -0.1) is 0 Å². The number of rotatable bonds is 5. The molecule has 23 heavy (non-hydrogen) atoms. The summed E-state index contributed by atoms with van der Waals surface area (Å²) in [5.41, 5.74) is 4.70. The van der Waals surface area contributed by atoms with Gasteiger partial charge in [0.05, 0.1) is 0 Å². The van der Waals surface area contributed by atoms with Gasteiger partial charge in [-0.1, -0.05) is 38.0 Å². The smallest absolute Gasteiger partial charge is 0.0458 e. The molecule has 1 aliphatic carbocycles. The lowest BCUT2D eigenvalue weighted by Crippen LogP contribution is -2.46. The molecular formula is C21H32N2. The molecule has 2 aromatic rings. The molecule has 1 heterocycles. The number of hydrogen-bond donors (Lipinski definition) is 1. The minimum atomic E-state index is 0.437. The molecule has 1 aliphatic rings. The Morgan fingerprint density at radius 1 is 1.17 bits per heavy atom. The normalized spacial score (nSPS) is 25.3. The summed E-state index contributed by atoms with van der Waals surface area (Å²) in [5, 5.41) is 1.40. The average Bonchev–Trinajstić information content (AvgIpc) is 2.90. The summed E-state index contributed by atoms with van der Waals surface area (Å²) >= 11 is 0. The first-order valence-corrected chi connectivity index (χ1v) is 9.32. The van der Waals surface area contributed by atoms with E-state index in [0.717, 1.165) is 0 Å². The van der Waals surface area contributed by atoms with Crippen molar-refractivity contribution in [1.82, 2.24) is 9.88 Å². The monoisotopic (exact) mass is 312 g/mol. The van der Waals surface area contributed by atoms with Crippen LogP contribution in [0.2, 0.25) is 0 Å². The zero-order valence-electron chi connectivity index (χ0n) is 15.3. The van der Waals surface area contributed by atoms with E-state index in [9.17, 15) is 0 Å². The van der Waals surface area contributed by atoms with Crippen LogP contribution < -0.4 is 0 Å². The Labute approximate surface area is 141 Å². The molecule has 0 bridgehead atoms. The maximum absolute atomic E-state index is 3.72. The first kappa shape index (κ1) is 16.6. The highest BCUT2D eigenvalue weighted by Gasteiger charge is 2.37. The highest BCUT2D eigenvalue weighted by atomic mass is 15.1. The molecule has 1 aromatic carbocycles. The molecule has 1 aromatic heterocycles. The molecule has 3 rings (SSSR count). The van der Waals surface area contributed by atoms with Crippen LogP contribution in [-0.4, -0.2) is 29.5 Å². The number of aromatic nitrogens is 1. The van der Waals surface area contributed by atoms with Gasteiger partial charge in [0.15, 0.2) is 0 Å². The maximum atomic E-state index is 3.72. The summed E-state index contributed by atoms with van der Waals surface area (Å²) in [6.07, 6.45) is 9.31. The van der Waals surface area contributed by atoms with Crippen LogP contribution in [0, 0.1) is 6.92 Å². The Hall–Kier alpha value is -1.28. The molecule has 2 heteroatoms. The Morgan fingerprint density at radius 3 is 2.48 bits per heavy atom. The van der Waals surface area contributed by atoms with Crippen molar-refractivity contribution in [2.24, 2.45) is 0 Å². The average molecular weight is 313 g/mol. The summed E-state index contributed by atoms with van der Waals surface area (Å²) in [4.78, 5) is 6.23. The van der Waals surface area contributed by atoms with E-state index >= 15 is 0 Å². The number of nitrogens with one attached hydrogen (secondary N) is 1. The first-order chi connectivity index (χ1) is 11.1. The second kappa shape index (κ2) is 6.68. The predicted octanol–water partition coefficient (Wildman–Crippen LogP) is 5.62. The van der Waals surface area contributed by atoms with Gasteiger partial charge < -0.3 is 9.88 Å². The number of fused-ring (bicyclic) bond motifs is 1. The SMILES string of the molecule is CCCCC1(N(C)C)CCC(c2[nH]c3ccccc3c2C)CC1. The molecule has 126 valence electrons. The Bertz CT molecular complexity index is 645.